The smallest absolute Gasteiger partial charge is 0.337 e. The number of fused-ring (bicyclic) bond motifs is 8. The van der Waals surface area contributed by atoms with E-state index < -0.39 is 11.9 Å². The number of aromatic nitrogens is 4. The summed E-state index contributed by atoms with van der Waals surface area (Å²) < 4.78 is 9.79. The van der Waals surface area contributed by atoms with Crippen LogP contribution in [-0.2, 0) is 9.47 Å². The lowest BCUT2D eigenvalue weighted by Crippen LogP contribution is -2.00. The van der Waals surface area contributed by atoms with Crippen molar-refractivity contribution in [1.29, 1.82) is 0 Å². The highest BCUT2D eigenvalue weighted by Gasteiger charge is 2.16. The molecule has 0 saturated heterocycles. The summed E-state index contributed by atoms with van der Waals surface area (Å²) in [6.45, 7) is 0. The van der Waals surface area contributed by atoms with Gasteiger partial charge in [-0.05, 0) is 96.1 Å². The van der Waals surface area contributed by atoms with Crippen LogP contribution in [0, 0.1) is 0 Å². The number of ether oxygens (including phenoxy) is 2. The average molecular weight is 579 g/mol. The van der Waals surface area contributed by atoms with Crippen molar-refractivity contribution in [3.05, 3.63) is 119 Å². The molecule has 2 aliphatic heterocycles. The van der Waals surface area contributed by atoms with Gasteiger partial charge in [-0.25, -0.2) is 19.6 Å². The van der Waals surface area contributed by atoms with Crippen molar-refractivity contribution in [3.63, 3.8) is 0 Å². The highest BCUT2D eigenvalue weighted by molar-refractivity contribution is 5.97. The molecule has 7 rings (SSSR count). The van der Waals surface area contributed by atoms with Gasteiger partial charge >= 0.3 is 11.9 Å². The SMILES string of the molecule is COC(=O)c1ccc(-c2c3nc(cc4ccc(cc5nc(c(-c6ccc(C(=O)OC)cc6)c6ccc2[nH]6)C=C5)[nH]4)C=C3)cc1. The predicted octanol–water partition coefficient (Wildman–Crippen LogP) is 7.56. The maximum Gasteiger partial charge on any atom is 0.337 e. The molecule has 0 aliphatic carbocycles. The number of hydrogen-bond acceptors (Lipinski definition) is 6. The number of nitrogens with one attached hydrogen (secondary N) is 2. The topological polar surface area (TPSA) is 110 Å². The monoisotopic (exact) mass is 578 g/mol. The van der Waals surface area contributed by atoms with Gasteiger partial charge in [-0.1, -0.05) is 24.3 Å². The molecule has 0 saturated carbocycles. The van der Waals surface area contributed by atoms with Gasteiger partial charge in [-0.3, -0.25) is 0 Å². The molecule has 5 aromatic rings. The van der Waals surface area contributed by atoms with Crippen molar-refractivity contribution in [3.8, 4) is 22.3 Å². The summed E-state index contributed by atoms with van der Waals surface area (Å²) in [5, 5.41) is 0. The third-order valence-electron chi connectivity index (χ3n) is 7.59. The zero-order valence-electron chi connectivity index (χ0n) is 23.9. The van der Waals surface area contributed by atoms with Crippen molar-refractivity contribution in [2.75, 3.05) is 14.2 Å². The van der Waals surface area contributed by atoms with Crippen LogP contribution in [0.1, 0.15) is 43.5 Å². The predicted molar refractivity (Wildman–Crippen MR) is 172 cm³/mol. The number of rotatable bonds is 4. The van der Waals surface area contributed by atoms with E-state index in [-0.39, 0.29) is 0 Å². The molecule has 8 heteroatoms. The minimum Gasteiger partial charge on any atom is -0.465 e. The lowest BCUT2D eigenvalue weighted by atomic mass is 10.0. The minimum absolute atomic E-state index is 0.397. The van der Waals surface area contributed by atoms with E-state index in [1.165, 1.54) is 14.2 Å². The molecular weight excluding hydrogens is 552 g/mol. The van der Waals surface area contributed by atoms with Crippen LogP contribution in [0.5, 0.6) is 0 Å². The van der Waals surface area contributed by atoms with Crippen molar-refractivity contribution < 1.29 is 19.1 Å². The molecule has 214 valence electrons. The summed E-state index contributed by atoms with van der Waals surface area (Å²) in [5.74, 6) is -0.793. The first kappa shape index (κ1) is 26.9. The Labute approximate surface area is 252 Å². The molecule has 0 atom stereocenters. The van der Waals surface area contributed by atoms with Gasteiger partial charge in [0, 0.05) is 33.2 Å². The van der Waals surface area contributed by atoms with Crippen LogP contribution in [-0.4, -0.2) is 46.1 Å². The molecule has 2 aromatic carbocycles. The maximum absolute atomic E-state index is 12.1. The summed E-state index contributed by atoms with van der Waals surface area (Å²) in [5.41, 5.74) is 11.1. The van der Waals surface area contributed by atoms with Crippen LogP contribution < -0.4 is 0 Å². The van der Waals surface area contributed by atoms with Gasteiger partial charge in [0.2, 0.25) is 0 Å². The van der Waals surface area contributed by atoms with Gasteiger partial charge in [0.1, 0.15) is 0 Å². The largest absolute Gasteiger partial charge is 0.465 e. The first-order valence-corrected chi connectivity index (χ1v) is 14.0. The number of esters is 2. The maximum atomic E-state index is 12.1. The molecule has 2 N–H and O–H groups in total. The zero-order chi connectivity index (χ0) is 30.2. The normalized spacial score (nSPS) is 11.9. The number of H-pyrrole nitrogens is 2. The number of carbonyl (C=O) groups is 2. The lowest BCUT2D eigenvalue weighted by Gasteiger charge is -2.07. The molecular formula is C36H26N4O4. The lowest BCUT2D eigenvalue weighted by molar-refractivity contribution is 0.0592. The van der Waals surface area contributed by atoms with E-state index in [4.69, 9.17) is 19.4 Å². The number of aromatic amines is 2. The van der Waals surface area contributed by atoms with Crippen LogP contribution in [0.4, 0.5) is 0 Å². The number of methoxy groups -OCH3 is 2. The standard InChI is InChI=1S/C36H26N4O4/c1-43-35(41)23-7-3-21(4-8-23)33-29-15-13-27(38-29)19-25-11-12-26(37-25)20-28-14-16-30(39-28)34(32-18-17-31(33)40-32)22-5-9-24(10-6-22)36(42)44-2/h3-20,37,40H,1-2H3. The van der Waals surface area contributed by atoms with Crippen LogP contribution in [0.25, 0.3) is 68.6 Å². The molecule has 0 unspecified atom stereocenters. The van der Waals surface area contributed by atoms with Crippen molar-refractivity contribution in [2.24, 2.45) is 0 Å². The quantitative estimate of drug-likeness (QED) is 0.209. The van der Waals surface area contributed by atoms with E-state index in [2.05, 4.69) is 9.97 Å². The molecule has 0 radical (unpaired) electrons. The Hall–Kier alpha value is -6.02. The fraction of sp³-hybridized carbons (Fsp3) is 0.0556. The minimum atomic E-state index is -0.397. The van der Waals surface area contributed by atoms with Crippen molar-refractivity contribution in [1.82, 2.24) is 19.9 Å². The Morgan fingerprint density at radius 3 is 1.39 bits per heavy atom. The van der Waals surface area contributed by atoms with E-state index >= 15 is 0 Å². The van der Waals surface area contributed by atoms with Gasteiger partial charge in [0.25, 0.3) is 0 Å². The molecule has 2 aliphatic rings. The number of hydrogen-bond donors (Lipinski definition) is 2. The summed E-state index contributed by atoms with van der Waals surface area (Å²) in [4.78, 5) is 41.2. The molecule has 5 heterocycles. The zero-order valence-corrected chi connectivity index (χ0v) is 23.9. The molecule has 3 aromatic heterocycles. The second-order valence-corrected chi connectivity index (χ2v) is 10.3. The Kier molecular flexibility index (Phi) is 6.71. The molecule has 8 nitrogen and oxygen atoms in total. The Morgan fingerprint density at radius 1 is 0.545 bits per heavy atom. The average Bonchev–Trinajstić information content (AvgIpc) is 3.88. The Morgan fingerprint density at radius 2 is 0.977 bits per heavy atom. The van der Waals surface area contributed by atoms with Crippen LogP contribution in [0.2, 0.25) is 0 Å². The Balaban J connectivity index is 1.54. The van der Waals surface area contributed by atoms with E-state index in [0.29, 0.717) is 11.1 Å². The fourth-order valence-electron chi connectivity index (χ4n) is 5.46. The highest BCUT2D eigenvalue weighted by Crippen LogP contribution is 2.34. The van der Waals surface area contributed by atoms with Crippen LogP contribution in [0.15, 0.2) is 84.9 Å². The molecule has 0 amide bonds. The third kappa shape index (κ3) is 4.98. The summed E-state index contributed by atoms with van der Waals surface area (Å²) in [6.07, 6.45) is 7.94. The van der Waals surface area contributed by atoms with E-state index in [1.807, 2.05) is 85.0 Å². The van der Waals surface area contributed by atoms with Crippen LogP contribution >= 0.6 is 0 Å². The van der Waals surface area contributed by atoms with Crippen molar-refractivity contribution >= 4 is 58.3 Å². The number of benzene rings is 2. The first-order valence-electron chi connectivity index (χ1n) is 14.0. The molecule has 0 fully saturated rings. The van der Waals surface area contributed by atoms with Gasteiger partial charge < -0.3 is 19.4 Å². The van der Waals surface area contributed by atoms with Crippen molar-refractivity contribution in [2.45, 2.75) is 0 Å². The van der Waals surface area contributed by atoms with Gasteiger partial charge in [-0.15, -0.1) is 0 Å². The molecule has 44 heavy (non-hydrogen) atoms. The molecule has 0 spiro atoms. The molecule has 8 bridgehead atoms. The number of nitrogens with zero attached hydrogens (tertiary/aromatic N) is 2. The van der Waals surface area contributed by atoms with Crippen LogP contribution in [0.3, 0.4) is 0 Å². The summed E-state index contributed by atoms with van der Waals surface area (Å²) >= 11 is 0. The first-order chi connectivity index (χ1) is 21.5. The van der Waals surface area contributed by atoms with Gasteiger partial charge in [0.05, 0.1) is 48.1 Å². The van der Waals surface area contributed by atoms with E-state index in [0.717, 1.165) is 67.1 Å². The second kappa shape index (κ2) is 11.0. The van der Waals surface area contributed by atoms with Gasteiger partial charge in [0.15, 0.2) is 0 Å². The summed E-state index contributed by atoms with van der Waals surface area (Å²) in [7, 11) is 2.73. The Bertz CT molecular complexity index is 2020. The fourth-order valence-corrected chi connectivity index (χ4v) is 5.46. The van der Waals surface area contributed by atoms with Gasteiger partial charge in [-0.2, -0.15) is 0 Å². The second-order valence-electron chi connectivity index (χ2n) is 10.3. The van der Waals surface area contributed by atoms with E-state index in [9.17, 15) is 9.59 Å². The van der Waals surface area contributed by atoms with E-state index in [1.54, 1.807) is 24.3 Å². The summed E-state index contributed by atoms with van der Waals surface area (Å²) in [6, 6.07) is 26.6. The number of carbonyl (C=O) groups excluding carboxylic acids is 2. The third-order valence-corrected chi connectivity index (χ3v) is 7.59. The highest BCUT2D eigenvalue weighted by atomic mass is 16.5.